The molecule has 3 aromatic rings. The van der Waals surface area contributed by atoms with Crippen molar-refractivity contribution in [1.29, 1.82) is 0 Å². The van der Waals surface area contributed by atoms with Crippen molar-refractivity contribution in [3.05, 3.63) is 38.9 Å². The van der Waals surface area contributed by atoms with Gasteiger partial charge in [0.25, 0.3) is 0 Å². The van der Waals surface area contributed by atoms with E-state index in [0.29, 0.717) is 13.1 Å². The second kappa shape index (κ2) is 6.76. The fraction of sp³-hybridized carbons (Fsp3) is 0.312. The van der Waals surface area contributed by atoms with Crippen LogP contribution in [0.25, 0.3) is 16.2 Å². The van der Waals surface area contributed by atoms with E-state index in [4.69, 9.17) is 0 Å². The number of rotatable bonds is 3. The van der Waals surface area contributed by atoms with Crippen molar-refractivity contribution in [2.75, 3.05) is 18.0 Å². The predicted molar refractivity (Wildman–Crippen MR) is 94.2 cm³/mol. The van der Waals surface area contributed by atoms with Crippen LogP contribution in [-0.4, -0.2) is 43.9 Å². The minimum atomic E-state index is -4.75. The van der Waals surface area contributed by atoms with E-state index in [9.17, 15) is 32.3 Å². The number of halogens is 4. The molecule has 1 aliphatic heterocycles. The maximum absolute atomic E-state index is 14.6. The molecule has 4 heterocycles. The summed E-state index contributed by atoms with van der Waals surface area (Å²) in [6.07, 6.45) is -2.29. The molecule has 1 saturated heterocycles. The average Bonchev–Trinajstić information content (AvgIpc) is 3.33. The van der Waals surface area contributed by atoms with E-state index < -0.39 is 34.0 Å². The molecule has 0 unspecified atom stereocenters. The highest BCUT2D eigenvalue weighted by molar-refractivity contribution is 7.13. The highest BCUT2D eigenvalue weighted by atomic mass is 32.1. The number of hydrogen-bond donors (Lipinski definition) is 1. The molecule has 3 aromatic heterocycles. The summed E-state index contributed by atoms with van der Waals surface area (Å²) in [6, 6.07) is 0.854. The number of pyridine rings is 2. The lowest BCUT2D eigenvalue weighted by atomic mass is 10.2. The SMILES string of the molecule is O=C(O)c1cn(-c2nnc(C(F)(F)F)s2)c2nc(N3CCCC3)c(F)cc2c1=O. The van der Waals surface area contributed by atoms with Crippen LogP contribution in [0.1, 0.15) is 28.2 Å². The fourth-order valence-corrected chi connectivity index (χ4v) is 3.78. The Labute approximate surface area is 163 Å². The lowest BCUT2D eigenvalue weighted by Gasteiger charge is -2.18. The first-order valence-corrected chi connectivity index (χ1v) is 9.13. The largest absolute Gasteiger partial charge is 0.477 e. The zero-order valence-corrected chi connectivity index (χ0v) is 15.2. The van der Waals surface area contributed by atoms with E-state index >= 15 is 0 Å². The molecular weight excluding hydrogens is 418 g/mol. The summed E-state index contributed by atoms with van der Waals surface area (Å²) >= 11 is 0.150. The number of carbonyl (C=O) groups is 1. The highest BCUT2D eigenvalue weighted by Gasteiger charge is 2.36. The Morgan fingerprint density at radius 1 is 1.21 bits per heavy atom. The van der Waals surface area contributed by atoms with E-state index in [1.807, 2.05) is 0 Å². The van der Waals surface area contributed by atoms with Gasteiger partial charge in [-0.2, -0.15) is 13.2 Å². The van der Waals surface area contributed by atoms with Crippen molar-refractivity contribution in [2.24, 2.45) is 0 Å². The van der Waals surface area contributed by atoms with E-state index in [1.54, 1.807) is 4.90 Å². The maximum atomic E-state index is 14.6. The molecule has 29 heavy (non-hydrogen) atoms. The Kier molecular flexibility index (Phi) is 4.48. The van der Waals surface area contributed by atoms with Gasteiger partial charge in [0.1, 0.15) is 5.56 Å². The zero-order chi connectivity index (χ0) is 20.9. The molecular formula is C16H11F4N5O3S. The van der Waals surface area contributed by atoms with Gasteiger partial charge < -0.3 is 10.0 Å². The van der Waals surface area contributed by atoms with Crippen molar-refractivity contribution in [3.63, 3.8) is 0 Å². The predicted octanol–water partition coefficient (Wildman–Crippen LogP) is 2.69. The van der Waals surface area contributed by atoms with Crippen molar-refractivity contribution in [3.8, 4) is 5.13 Å². The molecule has 1 aliphatic rings. The Hall–Kier alpha value is -3.09. The smallest absolute Gasteiger partial charge is 0.445 e. The van der Waals surface area contributed by atoms with Crippen LogP contribution in [0.5, 0.6) is 0 Å². The number of hydrogen-bond acceptors (Lipinski definition) is 7. The molecule has 13 heteroatoms. The number of carboxylic acid groups (broad SMARTS) is 1. The van der Waals surface area contributed by atoms with Gasteiger partial charge in [0.2, 0.25) is 15.6 Å². The van der Waals surface area contributed by atoms with E-state index in [-0.39, 0.29) is 33.3 Å². The van der Waals surface area contributed by atoms with Crippen LogP contribution in [0.4, 0.5) is 23.4 Å². The molecule has 0 amide bonds. The van der Waals surface area contributed by atoms with E-state index in [1.165, 1.54) is 0 Å². The van der Waals surface area contributed by atoms with Gasteiger partial charge in [-0.25, -0.2) is 14.2 Å². The molecule has 0 aliphatic carbocycles. The van der Waals surface area contributed by atoms with Crippen LogP contribution in [0.3, 0.4) is 0 Å². The van der Waals surface area contributed by atoms with Gasteiger partial charge in [0.15, 0.2) is 17.3 Å². The minimum absolute atomic E-state index is 0.0632. The van der Waals surface area contributed by atoms with Gasteiger partial charge in [0.05, 0.1) is 5.39 Å². The molecule has 0 radical (unpaired) electrons. The lowest BCUT2D eigenvalue weighted by molar-refractivity contribution is -0.138. The van der Waals surface area contributed by atoms with Crippen LogP contribution in [0.15, 0.2) is 17.1 Å². The molecule has 1 fully saturated rings. The first kappa shape index (κ1) is 19.2. The number of carboxylic acids is 1. The standard InChI is InChI=1S/C16H11F4N5O3S/c17-9-5-7-10(26)8(13(27)28)6-25(15-23-22-14(29-15)16(18,19)20)11(7)21-12(9)24-3-1-2-4-24/h5-6H,1-4H2,(H,27,28). The summed E-state index contributed by atoms with van der Waals surface area (Å²) in [5, 5.41) is 13.8. The second-order valence-corrected chi connectivity index (χ2v) is 7.25. The summed E-state index contributed by atoms with van der Waals surface area (Å²) in [4.78, 5) is 29.7. The monoisotopic (exact) mass is 429 g/mol. The summed E-state index contributed by atoms with van der Waals surface area (Å²) in [5.41, 5.74) is -1.95. The maximum Gasteiger partial charge on any atom is 0.445 e. The van der Waals surface area contributed by atoms with Crippen molar-refractivity contribution in [2.45, 2.75) is 19.0 Å². The van der Waals surface area contributed by atoms with Crippen molar-refractivity contribution in [1.82, 2.24) is 19.7 Å². The number of fused-ring (bicyclic) bond motifs is 1. The average molecular weight is 429 g/mol. The molecule has 8 nitrogen and oxygen atoms in total. The number of anilines is 1. The van der Waals surface area contributed by atoms with Crippen molar-refractivity contribution < 1.29 is 27.5 Å². The van der Waals surface area contributed by atoms with Crippen LogP contribution in [0.2, 0.25) is 0 Å². The summed E-state index contributed by atoms with van der Waals surface area (Å²) in [6.45, 7) is 1.06. The second-order valence-electron chi connectivity index (χ2n) is 6.29. The summed E-state index contributed by atoms with van der Waals surface area (Å²) < 4.78 is 54.2. The van der Waals surface area contributed by atoms with Gasteiger partial charge in [-0.1, -0.05) is 11.3 Å². The molecule has 4 rings (SSSR count). The van der Waals surface area contributed by atoms with Crippen LogP contribution in [0, 0.1) is 5.82 Å². The van der Waals surface area contributed by atoms with Gasteiger partial charge in [0, 0.05) is 19.3 Å². The third kappa shape index (κ3) is 3.30. The fourth-order valence-electron chi connectivity index (χ4n) is 3.09. The van der Waals surface area contributed by atoms with E-state index in [0.717, 1.165) is 29.7 Å². The number of aromatic carboxylic acids is 1. The first-order valence-electron chi connectivity index (χ1n) is 8.32. The van der Waals surface area contributed by atoms with Crippen molar-refractivity contribution >= 4 is 34.2 Å². The Morgan fingerprint density at radius 2 is 1.90 bits per heavy atom. The van der Waals surface area contributed by atoms with Gasteiger partial charge in [-0.15, -0.1) is 10.2 Å². The molecule has 152 valence electrons. The summed E-state index contributed by atoms with van der Waals surface area (Å²) in [7, 11) is 0. The highest BCUT2D eigenvalue weighted by Crippen LogP contribution is 2.33. The Balaban J connectivity index is 2.01. The van der Waals surface area contributed by atoms with Crippen LogP contribution < -0.4 is 10.3 Å². The Bertz CT molecular complexity index is 1180. The lowest BCUT2D eigenvalue weighted by Crippen LogP contribution is -2.23. The third-order valence-corrected chi connectivity index (χ3v) is 5.38. The molecule has 1 N–H and O–H groups in total. The number of nitrogens with zero attached hydrogens (tertiary/aromatic N) is 5. The number of alkyl halides is 3. The van der Waals surface area contributed by atoms with E-state index in [2.05, 4.69) is 15.2 Å². The van der Waals surface area contributed by atoms with Gasteiger partial charge in [-0.05, 0) is 18.9 Å². The van der Waals surface area contributed by atoms with Gasteiger partial charge >= 0.3 is 12.1 Å². The number of aromatic nitrogens is 4. The zero-order valence-electron chi connectivity index (χ0n) is 14.4. The molecule has 0 saturated carbocycles. The van der Waals surface area contributed by atoms with Gasteiger partial charge in [-0.3, -0.25) is 9.36 Å². The molecule has 0 aromatic carbocycles. The first-order chi connectivity index (χ1) is 13.7. The molecule has 0 atom stereocenters. The summed E-state index contributed by atoms with van der Waals surface area (Å²) in [5.74, 6) is -2.50. The quantitative estimate of drug-likeness (QED) is 0.639. The molecule has 0 spiro atoms. The normalized spacial score (nSPS) is 14.7. The third-order valence-electron chi connectivity index (χ3n) is 4.41. The minimum Gasteiger partial charge on any atom is -0.477 e. The van der Waals surface area contributed by atoms with Crippen LogP contribution in [-0.2, 0) is 6.18 Å². The topological polar surface area (TPSA) is 101 Å². The molecule has 0 bridgehead atoms. The Morgan fingerprint density at radius 3 is 2.48 bits per heavy atom. The van der Waals surface area contributed by atoms with Crippen LogP contribution >= 0.6 is 11.3 Å².